The highest BCUT2D eigenvalue weighted by molar-refractivity contribution is 7.80. The highest BCUT2D eigenvalue weighted by Crippen LogP contribution is 2.27. The highest BCUT2D eigenvalue weighted by atomic mass is 32.1. The van der Waals surface area contributed by atoms with Crippen molar-refractivity contribution >= 4 is 29.1 Å². The third-order valence-electron chi connectivity index (χ3n) is 4.22. The summed E-state index contributed by atoms with van der Waals surface area (Å²) in [4.78, 5) is 23.6. The fraction of sp³-hybridized carbons (Fsp3) is 0.500. The number of carbonyl (C=O) groups excluding carboxylic acids is 2. The number of benzene rings is 1. The van der Waals surface area contributed by atoms with E-state index in [1.807, 2.05) is 24.3 Å². The van der Waals surface area contributed by atoms with Crippen LogP contribution in [0.25, 0.3) is 0 Å². The standard InChI is InChI=1S/C18H25N3O3S/c1-2-13-7-9-15(10-8-13)24-12-17(23)20-21-18(25)19-16(22)11-14-5-3-4-6-14/h7-10,14H,2-6,11-12H2,1H3,(H,20,23)(H2,19,21,22,25). The van der Waals surface area contributed by atoms with Crippen molar-refractivity contribution in [2.75, 3.05) is 6.61 Å². The van der Waals surface area contributed by atoms with Crippen LogP contribution >= 0.6 is 12.2 Å². The fourth-order valence-electron chi connectivity index (χ4n) is 2.82. The average Bonchev–Trinajstić information content (AvgIpc) is 3.11. The number of hydrogen-bond acceptors (Lipinski definition) is 4. The van der Waals surface area contributed by atoms with Gasteiger partial charge in [-0.25, -0.2) is 0 Å². The van der Waals surface area contributed by atoms with Crippen LogP contribution in [0.1, 0.15) is 44.6 Å². The molecule has 0 atom stereocenters. The zero-order valence-electron chi connectivity index (χ0n) is 14.5. The molecule has 2 rings (SSSR count). The summed E-state index contributed by atoms with van der Waals surface area (Å²) in [6, 6.07) is 7.57. The van der Waals surface area contributed by atoms with E-state index in [1.165, 1.54) is 18.4 Å². The van der Waals surface area contributed by atoms with E-state index in [9.17, 15) is 9.59 Å². The van der Waals surface area contributed by atoms with Gasteiger partial charge in [-0.05, 0) is 55.1 Å². The van der Waals surface area contributed by atoms with E-state index in [2.05, 4.69) is 23.1 Å². The number of ether oxygens (including phenoxy) is 1. The first-order valence-electron chi connectivity index (χ1n) is 8.67. The lowest BCUT2D eigenvalue weighted by Crippen LogP contribution is -2.49. The van der Waals surface area contributed by atoms with Crippen molar-refractivity contribution in [2.24, 2.45) is 5.92 Å². The molecule has 6 nitrogen and oxygen atoms in total. The summed E-state index contributed by atoms with van der Waals surface area (Å²) in [6.07, 6.45) is 6.01. The normalized spacial score (nSPS) is 14.0. The van der Waals surface area contributed by atoms with Gasteiger partial charge >= 0.3 is 0 Å². The molecule has 0 spiro atoms. The Morgan fingerprint density at radius 1 is 1.12 bits per heavy atom. The first-order valence-corrected chi connectivity index (χ1v) is 9.08. The highest BCUT2D eigenvalue weighted by Gasteiger charge is 2.18. The molecule has 136 valence electrons. The summed E-state index contributed by atoms with van der Waals surface area (Å²) >= 11 is 5.00. The van der Waals surface area contributed by atoms with E-state index in [1.54, 1.807) is 0 Å². The lowest BCUT2D eigenvalue weighted by molar-refractivity contribution is -0.124. The van der Waals surface area contributed by atoms with Crippen LogP contribution in [-0.4, -0.2) is 23.5 Å². The van der Waals surface area contributed by atoms with Gasteiger partial charge in [-0.15, -0.1) is 0 Å². The molecule has 1 saturated carbocycles. The molecule has 1 aromatic carbocycles. The minimum Gasteiger partial charge on any atom is -0.484 e. The zero-order chi connectivity index (χ0) is 18.1. The monoisotopic (exact) mass is 363 g/mol. The molecule has 0 radical (unpaired) electrons. The second-order valence-electron chi connectivity index (χ2n) is 6.19. The third-order valence-corrected chi connectivity index (χ3v) is 4.42. The van der Waals surface area contributed by atoms with E-state index in [-0.39, 0.29) is 23.5 Å². The van der Waals surface area contributed by atoms with E-state index in [0.29, 0.717) is 18.1 Å². The summed E-state index contributed by atoms with van der Waals surface area (Å²) in [6.45, 7) is 1.93. The molecular formula is C18H25N3O3S. The van der Waals surface area contributed by atoms with E-state index in [0.717, 1.165) is 19.3 Å². The zero-order valence-corrected chi connectivity index (χ0v) is 15.3. The van der Waals surface area contributed by atoms with Crippen molar-refractivity contribution in [3.8, 4) is 5.75 Å². The van der Waals surface area contributed by atoms with Gasteiger partial charge in [0.05, 0.1) is 0 Å². The minimum atomic E-state index is -0.382. The number of carbonyl (C=O) groups is 2. The van der Waals surface area contributed by atoms with Gasteiger partial charge in [-0.2, -0.15) is 0 Å². The van der Waals surface area contributed by atoms with Crippen LogP contribution < -0.4 is 20.9 Å². The molecule has 0 heterocycles. The Labute approximate surface area is 153 Å². The summed E-state index contributed by atoms with van der Waals surface area (Å²) in [5.74, 6) is 0.572. The number of amides is 2. The first kappa shape index (κ1) is 19.2. The van der Waals surface area contributed by atoms with Gasteiger partial charge in [-0.1, -0.05) is 31.9 Å². The molecule has 1 aromatic rings. The van der Waals surface area contributed by atoms with Gasteiger partial charge < -0.3 is 10.1 Å². The van der Waals surface area contributed by atoms with Crippen molar-refractivity contribution in [1.82, 2.24) is 16.2 Å². The van der Waals surface area contributed by atoms with Gasteiger partial charge in [0.15, 0.2) is 11.7 Å². The largest absolute Gasteiger partial charge is 0.484 e. The van der Waals surface area contributed by atoms with Crippen molar-refractivity contribution in [1.29, 1.82) is 0 Å². The molecule has 0 aliphatic heterocycles. The van der Waals surface area contributed by atoms with Crippen molar-refractivity contribution in [3.63, 3.8) is 0 Å². The van der Waals surface area contributed by atoms with Gasteiger partial charge in [0.2, 0.25) is 5.91 Å². The Morgan fingerprint density at radius 3 is 2.44 bits per heavy atom. The summed E-state index contributed by atoms with van der Waals surface area (Å²) in [5.41, 5.74) is 6.12. The number of hydrogen-bond donors (Lipinski definition) is 3. The van der Waals surface area contributed by atoms with Crippen molar-refractivity contribution in [3.05, 3.63) is 29.8 Å². The number of nitrogens with one attached hydrogen (secondary N) is 3. The quantitative estimate of drug-likeness (QED) is 0.534. The van der Waals surface area contributed by atoms with Crippen molar-refractivity contribution in [2.45, 2.75) is 45.4 Å². The Kier molecular flexibility index (Phi) is 7.66. The summed E-state index contributed by atoms with van der Waals surface area (Å²) in [5, 5.41) is 2.66. The Balaban J connectivity index is 1.61. The molecule has 1 aliphatic rings. The molecule has 2 amide bonds. The molecule has 1 fully saturated rings. The van der Waals surface area contributed by atoms with Crippen molar-refractivity contribution < 1.29 is 14.3 Å². The third kappa shape index (κ3) is 7.09. The van der Waals surface area contributed by atoms with Crippen LogP contribution in [0.2, 0.25) is 0 Å². The maximum atomic E-state index is 11.8. The van der Waals surface area contributed by atoms with Gasteiger partial charge in [0.25, 0.3) is 5.91 Å². The molecule has 3 N–H and O–H groups in total. The topological polar surface area (TPSA) is 79.5 Å². The Bertz CT molecular complexity index is 598. The molecule has 7 heteroatoms. The minimum absolute atomic E-state index is 0.0867. The van der Waals surface area contributed by atoms with Gasteiger partial charge in [-0.3, -0.25) is 20.4 Å². The second-order valence-corrected chi connectivity index (χ2v) is 6.60. The molecular weight excluding hydrogens is 338 g/mol. The average molecular weight is 363 g/mol. The Hall–Kier alpha value is -2.15. The maximum absolute atomic E-state index is 11.8. The van der Waals surface area contributed by atoms with Crippen LogP contribution in [0.5, 0.6) is 5.75 Å². The lowest BCUT2D eigenvalue weighted by Gasteiger charge is -2.13. The lowest BCUT2D eigenvalue weighted by atomic mass is 10.0. The molecule has 1 aliphatic carbocycles. The SMILES string of the molecule is CCc1ccc(OCC(=O)NNC(=S)NC(=O)CC2CCCC2)cc1. The van der Waals surface area contributed by atoms with Gasteiger partial charge in [0, 0.05) is 6.42 Å². The fourth-order valence-corrected chi connectivity index (χ4v) is 2.98. The number of hydrazine groups is 1. The van der Waals surface area contributed by atoms with E-state index < -0.39 is 0 Å². The van der Waals surface area contributed by atoms with E-state index >= 15 is 0 Å². The van der Waals surface area contributed by atoms with Crippen LogP contribution in [0.4, 0.5) is 0 Å². The second kappa shape index (κ2) is 9.98. The first-order chi connectivity index (χ1) is 12.1. The number of thiocarbonyl (C=S) groups is 1. The maximum Gasteiger partial charge on any atom is 0.276 e. The predicted octanol–water partition coefficient (Wildman–Crippen LogP) is 2.23. The number of aryl methyl sites for hydroxylation is 1. The molecule has 0 aromatic heterocycles. The summed E-state index contributed by atoms with van der Waals surface area (Å²) in [7, 11) is 0. The summed E-state index contributed by atoms with van der Waals surface area (Å²) < 4.78 is 5.39. The molecule has 25 heavy (non-hydrogen) atoms. The predicted molar refractivity (Wildman–Crippen MR) is 99.9 cm³/mol. The van der Waals surface area contributed by atoms with E-state index in [4.69, 9.17) is 17.0 Å². The van der Waals surface area contributed by atoms with Crippen LogP contribution in [-0.2, 0) is 16.0 Å². The molecule has 0 saturated heterocycles. The number of rotatable bonds is 6. The molecule has 0 unspecified atom stereocenters. The van der Waals surface area contributed by atoms with Crippen LogP contribution in [0.15, 0.2) is 24.3 Å². The van der Waals surface area contributed by atoms with Crippen LogP contribution in [0.3, 0.4) is 0 Å². The van der Waals surface area contributed by atoms with Crippen LogP contribution in [0, 0.1) is 5.92 Å². The molecule has 0 bridgehead atoms. The smallest absolute Gasteiger partial charge is 0.276 e. The van der Waals surface area contributed by atoms with Gasteiger partial charge in [0.1, 0.15) is 5.75 Å². The Morgan fingerprint density at radius 2 is 1.80 bits per heavy atom.